The molecule has 3 heteroatoms. The van der Waals surface area contributed by atoms with E-state index in [1.165, 1.54) is 6.92 Å². The first kappa shape index (κ1) is 9.07. The molecule has 0 saturated carbocycles. The zero-order valence-corrected chi connectivity index (χ0v) is 7.77. The maximum Gasteiger partial charge on any atom is 0.221 e. The SMILES string of the molecule is CC(=O)Nc1cccc(Cl)c1C. The van der Waals surface area contributed by atoms with Gasteiger partial charge in [0.25, 0.3) is 0 Å². The summed E-state index contributed by atoms with van der Waals surface area (Å²) in [6.45, 7) is 3.34. The lowest BCUT2D eigenvalue weighted by molar-refractivity contribution is -0.114. The molecule has 0 aromatic heterocycles. The predicted molar refractivity (Wildman–Crippen MR) is 50.5 cm³/mol. The van der Waals surface area contributed by atoms with Crippen LogP contribution in [0.2, 0.25) is 5.02 Å². The molecule has 1 N–H and O–H groups in total. The lowest BCUT2D eigenvalue weighted by Gasteiger charge is -2.06. The Bertz CT molecular complexity index is 309. The zero-order valence-electron chi connectivity index (χ0n) is 7.02. The van der Waals surface area contributed by atoms with Crippen LogP contribution in [-0.4, -0.2) is 5.91 Å². The first-order valence-corrected chi connectivity index (χ1v) is 4.02. The predicted octanol–water partition coefficient (Wildman–Crippen LogP) is 2.61. The normalized spacial score (nSPS) is 9.58. The van der Waals surface area contributed by atoms with Crippen LogP contribution in [0.5, 0.6) is 0 Å². The van der Waals surface area contributed by atoms with Gasteiger partial charge in [-0.05, 0) is 24.6 Å². The molecule has 2 nitrogen and oxygen atoms in total. The summed E-state index contributed by atoms with van der Waals surface area (Å²) in [5.74, 6) is -0.0830. The van der Waals surface area contributed by atoms with Crippen LogP contribution in [0.4, 0.5) is 5.69 Å². The molecule has 1 aromatic rings. The van der Waals surface area contributed by atoms with Crippen LogP contribution in [0.25, 0.3) is 0 Å². The molecule has 0 fully saturated rings. The number of rotatable bonds is 1. The van der Waals surface area contributed by atoms with Crippen molar-refractivity contribution in [3.05, 3.63) is 28.8 Å². The van der Waals surface area contributed by atoms with E-state index in [1.807, 2.05) is 13.0 Å². The van der Waals surface area contributed by atoms with Gasteiger partial charge in [0.2, 0.25) is 5.91 Å². The fraction of sp³-hybridized carbons (Fsp3) is 0.222. The van der Waals surface area contributed by atoms with Crippen molar-refractivity contribution < 1.29 is 4.79 Å². The molecule has 12 heavy (non-hydrogen) atoms. The minimum atomic E-state index is -0.0830. The number of anilines is 1. The van der Waals surface area contributed by atoms with Crippen molar-refractivity contribution in [2.75, 3.05) is 5.32 Å². The van der Waals surface area contributed by atoms with Crippen LogP contribution >= 0.6 is 11.6 Å². The Morgan fingerprint density at radius 3 is 2.75 bits per heavy atom. The molecule has 0 aliphatic heterocycles. The van der Waals surface area contributed by atoms with Crippen molar-refractivity contribution in [2.45, 2.75) is 13.8 Å². The maximum absolute atomic E-state index is 10.7. The Morgan fingerprint density at radius 1 is 1.50 bits per heavy atom. The highest BCUT2D eigenvalue weighted by Gasteiger charge is 2.01. The molecule has 1 rings (SSSR count). The number of amides is 1. The molecule has 1 aromatic carbocycles. The third kappa shape index (κ3) is 1.98. The van der Waals surface area contributed by atoms with Crippen molar-refractivity contribution in [1.82, 2.24) is 0 Å². The van der Waals surface area contributed by atoms with Gasteiger partial charge in [-0.1, -0.05) is 17.7 Å². The Hall–Kier alpha value is -1.02. The van der Waals surface area contributed by atoms with E-state index >= 15 is 0 Å². The number of carbonyl (C=O) groups is 1. The van der Waals surface area contributed by atoms with Crippen molar-refractivity contribution >= 4 is 23.2 Å². The first-order chi connectivity index (χ1) is 5.61. The summed E-state index contributed by atoms with van der Waals surface area (Å²) in [4.78, 5) is 10.7. The second-order valence-corrected chi connectivity index (χ2v) is 3.00. The van der Waals surface area contributed by atoms with Gasteiger partial charge < -0.3 is 5.32 Å². The highest BCUT2D eigenvalue weighted by atomic mass is 35.5. The number of carbonyl (C=O) groups excluding carboxylic acids is 1. The minimum Gasteiger partial charge on any atom is -0.326 e. The van der Waals surface area contributed by atoms with Crippen LogP contribution in [0.3, 0.4) is 0 Å². The maximum atomic E-state index is 10.7. The number of benzene rings is 1. The van der Waals surface area contributed by atoms with Crippen molar-refractivity contribution in [2.24, 2.45) is 0 Å². The van der Waals surface area contributed by atoms with Gasteiger partial charge >= 0.3 is 0 Å². The van der Waals surface area contributed by atoms with Crippen LogP contribution < -0.4 is 5.32 Å². The largest absolute Gasteiger partial charge is 0.326 e. The molecular formula is C9H10ClNO. The Morgan fingerprint density at radius 2 is 2.17 bits per heavy atom. The summed E-state index contributed by atoms with van der Waals surface area (Å²) >= 11 is 5.85. The van der Waals surface area contributed by atoms with Gasteiger partial charge in [-0.15, -0.1) is 0 Å². The molecule has 0 bridgehead atoms. The molecule has 1 amide bonds. The molecule has 0 radical (unpaired) electrons. The fourth-order valence-corrected chi connectivity index (χ4v) is 1.11. The second-order valence-electron chi connectivity index (χ2n) is 2.59. The van der Waals surface area contributed by atoms with Gasteiger partial charge in [0, 0.05) is 17.6 Å². The lowest BCUT2D eigenvalue weighted by Crippen LogP contribution is -2.06. The average molecular weight is 184 g/mol. The molecule has 0 aliphatic carbocycles. The van der Waals surface area contributed by atoms with Gasteiger partial charge in [-0.2, -0.15) is 0 Å². The van der Waals surface area contributed by atoms with Crippen LogP contribution in [0.15, 0.2) is 18.2 Å². The van der Waals surface area contributed by atoms with Gasteiger partial charge in [-0.25, -0.2) is 0 Å². The van der Waals surface area contributed by atoms with Gasteiger partial charge in [0.05, 0.1) is 0 Å². The lowest BCUT2D eigenvalue weighted by atomic mass is 10.2. The first-order valence-electron chi connectivity index (χ1n) is 3.64. The van der Waals surface area contributed by atoms with Crippen LogP contribution in [-0.2, 0) is 4.79 Å². The monoisotopic (exact) mass is 183 g/mol. The topological polar surface area (TPSA) is 29.1 Å². The quantitative estimate of drug-likeness (QED) is 0.713. The number of hydrogen-bond donors (Lipinski definition) is 1. The van der Waals surface area contributed by atoms with E-state index in [-0.39, 0.29) is 5.91 Å². The van der Waals surface area contributed by atoms with Crippen molar-refractivity contribution in [1.29, 1.82) is 0 Å². The van der Waals surface area contributed by atoms with Gasteiger partial charge in [-0.3, -0.25) is 4.79 Å². The smallest absolute Gasteiger partial charge is 0.221 e. The second kappa shape index (κ2) is 3.59. The van der Waals surface area contributed by atoms with Crippen molar-refractivity contribution in [3.63, 3.8) is 0 Å². The molecular weight excluding hydrogens is 174 g/mol. The summed E-state index contributed by atoms with van der Waals surface area (Å²) in [6.07, 6.45) is 0. The summed E-state index contributed by atoms with van der Waals surface area (Å²) in [7, 11) is 0. The summed E-state index contributed by atoms with van der Waals surface area (Å²) in [5, 5.41) is 3.36. The van der Waals surface area contributed by atoms with Gasteiger partial charge in [0.15, 0.2) is 0 Å². The summed E-state index contributed by atoms with van der Waals surface area (Å²) < 4.78 is 0. The third-order valence-electron chi connectivity index (χ3n) is 1.58. The third-order valence-corrected chi connectivity index (χ3v) is 1.99. The molecule has 0 saturated heterocycles. The van der Waals surface area contributed by atoms with E-state index in [2.05, 4.69) is 5.32 Å². The molecule has 0 unspecified atom stereocenters. The Labute approximate surface area is 76.5 Å². The standard InChI is InChI=1S/C9H10ClNO/c1-6-8(10)4-3-5-9(6)11-7(2)12/h3-5H,1-2H3,(H,11,12). The van der Waals surface area contributed by atoms with E-state index in [4.69, 9.17) is 11.6 Å². The van der Waals surface area contributed by atoms with Crippen LogP contribution in [0.1, 0.15) is 12.5 Å². The summed E-state index contributed by atoms with van der Waals surface area (Å²) in [6, 6.07) is 5.42. The summed E-state index contributed by atoms with van der Waals surface area (Å²) in [5.41, 5.74) is 1.67. The number of nitrogens with one attached hydrogen (secondary N) is 1. The zero-order chi connectivity index (χ0) is 9.14. The average Bonchev–Trinajstić information content (AvgIpc) is 1.98. The fourth-order valence-electron chi connectivity index (χ4n) is 0.933. The van der Waals surface area contributed by atoms with Crippen LogP contribution in [0, 0.1) is 6.92 Å². The number of halogens is 1. The highest BCUT2D eigenvalue weighted by Crippen LogP contribution is 2.22. The van der Waals surface area contributed by atoms with E-state index < -0.39 is 0 Å². The molecule has 0 atom stereocenters. The van der Waals surface area contributed by atoms with E-state index in [9.17, 15) is 4.79 Å². The molecule has 0 aliphatic rings. The minimum absolute atomic E-state index is 0.0830. The highest BCUT2D eigenvalue weighted by molar-refractivity contribution is 6.31. The van der Waals surface area contributed by atoms with E-state index in [1.54, 1.807) is 12.1 Å². The molecule has 64 valence electrons. The Kier molecular flexibility index (Phi) is 2.71. The van der Waals surface area contributed by atoms with E-state index in [0.29, 0.717) is 5.02 Å². The van der Waals surface area contributed by atoms with Gasteiger partial charge in [0.1, 0.15) is 0 Å². The number of hydrogen-bond acceptors (Lipinski definition) is 1. The van der Waals surface area contributed by atoms with Crippen molar-refractivity contribution in [3.8, 4) is 0 Å². The van der Waals surface area contributed by atoms with E-state index in [0.717, 1.165) is 11.3 Å². The Balaban J connectivity index is 3.00. The molecule has 0 heterocycles. The molecule has 0 spiro atoms.